The zero-order valence-electron chi connectivity index (χ0n) is 8.00. The summed E-state index contributed by atoms with van der Waals surface area (Å²) in [6.07, 6.45) is 0. The number of aromatic nitrogens is 1. The Morgan fingerprint density at radius 2 is 2.38 bits per heavy atom. The molecule has 0 saturated carbocycles. The van der Waals surface area contributed by atoms with Gasteiger partial charge in [0.05, 0.1) is 17.7 Å². The van der Waals surface area contributed by atoms with Crippen molar-refractivity contribution < 1.29 is 4.79 Å². The van der Waals surface area contributed by atoms with Crippen LogP contribution in [0.15, 0.2) is 5.51 Å². The molecule has 1 rings (SSSR count). The zero-order valence-corrected chi connectivity index (χ0v) is 8.81. The highest BCUT2D eigenvalue weighted by Crippen LogP contribution is 2.18. The summed E-state index contributed by atoms with van der Waals surface area (Å²) in [4.78, 5) is 17.2. The minimum absolute atomic E-state index is 0.00245. The maximum Gasteiger partial charge on any atom is 0.239 e. The number of rotatable bonds is 3. The molecule has 0 fully saturated rings. The highest BCUT2D eigenvalue weighted by Gasteiger charge is 2.06. The third-order valence-electron chi connectivity index (χ3n) is 1.46. The van der Waals surface area contributed by atoms with Gasteiger partial charge in [-0.05, 0) is 21.0 Å². The van der Waals surface area contributed by atoms with Gasteiger partial charge in [0.25, 0.3) is 0 Å². The van der Waals surface area contributed by atoms with Crippen LogP contribution >= 0.6 is 11.3 Å². The molecule has 1 aromatic heterocycles. The number of hydrogen-bond acceptors (Lipinski definition) is 4. The molecule has 1 aromatic rings. The van der Waals surface area contributed by atoms with Crippen LogP contribution in [0.2, 0.25) is 0 Å². The standard InChI is InChI=1S/C8H13N3OS/c1-6-8(13-5-9-6)10-7(12)4-11(2)3/h5H,4H2,1-3H3,(H,10,12). The lowest BCUT2D eigenvalue weighted by Crippen LogP contribution is -2.26. The number of aryl methyl sites for hydroxylation is 1. The minimum Gasteiger partial charge on any atom is -0.315 e. The number of hydrogen-bond donors (Lipinski definition) is 1. The molecule has 1 N–H and O–H groups in total. The lowest BCUT2D eigenvalue weighted by molar-refractivity contribution is -0.116. The van der Waals surface area contributed by atoms with Gasteiger partial charge in [-0.3, -0.25) is 4.79 Å². The summed E-state index contributed by atoms with van der Waals surface area (Å²) in [6, 6.07) is 0. The van der Waals surface area contributed by atoms with Gasteiger partial charge in [0.2, 0.25) is 5.91 Å². The fraction of sp³-hybridized carbons (Fsp3) is 0.500. The monoisotopic (exact) mass is 199 g/mol. The van der Waals surface area contributed by atoms with Crippen molar-refractivity contribution >= 4 is 22.2 Å². The highest BCUT2D eigenvalue weighted by molar-refractivity contribution is 7.14. The number of anilines is 1. The average Bonchev–Trinajstić information content (AvgIpc) is 2.34. The van der Waals surface area contributed by atoms with Crippen molar-refractivity contribution in [3.8, 4) is 0 Å². The maximum atomic E-state index is 11.3. The van der Waals surface area contributed by atoms with E-state index in [4.69, 9.17) is 0 Å². The summed E-state index contributed by atoms with van der Waals surface area (Å²) < 4.78 is 0. The van der Waals surface area contributed by atoms with Gasteiger partial charge in [-0.2, -0.15) is 0 Å². The smallest absolute Gasteiger partial charge is 0.239 e. The topological polar surface area (TPSA) is 45.2 Å². The van der Waals surface area contributed by atoms with Crippen molar-refractivity contribution in [3.63, 3.8) is 0 Å². The lowest BCUT2D eigenvalue weighted by atomic mass is 10.5. The number of carbonyl (C=O) groups excluding carboxylic acids is 1. The van der Waals surface area contributed by atoms with Crippen LogP contribution in [0.1, 0.15) is 5.69 Å². The molecule has 0 spiro atoms. The molecule has 72 valence electrons. The third-order valence-corrected chi connectivity index (χ3v) is 2.30. The van der Waals surface area contributed by atoms with Crippen molar-refractivity contribution in [1.82, 2.24) is 9.88 Å². The summed E-state index contributed by atoms with van der Waals surface area (Å²) in [6.45, 7) is 2.28. The molecule has 5 heteroatoms. The van der Waals surface area contributed by atoms with E-state index in [1.807, 2.05) is 25.9 Å². The van der Waals surface area contributed by atoms with Gasteiger partial charge in [-0.15, -0.1) is 11.3 Å². The van der Waals surface area contributed by atoms with Gasteiger partial charge in [0.1, 0.15) is 5.00 Å². The number of nitrogens with one attached hydrogen (secondary N) is 1. The number of amides is 1. The Kier molecular flexibility index (Phi) is 3.39. The van der Waals surface area contributed by atoms with E-state index in [0.29, 0.717) is 6.54 Å². The van der Waals surface area contributed by atoms with E-state index in [0.717, 1.165) is 10.7 Å². The molecule has 1 heterocycles. The Morgan fingerprint density at radius 3 is 2.85 bits per heavy atom. The second kappa shape index (κ2) is 4.34. The first kappa shape index (κ1) is 10.1. The number of nitrogens with zero attached hydrogens (tertiary/aromatic N) is 2. The Balaban J connectivity index is 2.50. The molecule has 0 bridgehead atoms. The maximum absolute atomic E-state index is 11.3. The molecule has 1 amide bonds. The summed E-state index contributed by atoms with van der Waals surface area (Å²) in [5, 5.41) is 3.64. The van der Waals surface area contributed by atoms with E-state index in [1.54, 1.807) is 5.51 Å². The van der Waals surface area contributed by atoms with Crippen LogP contribution in [0.5, 0.6) is 0 Å². The normalized spacial score (nSPS) is 10.5. The summed E-state index contributed by atoms with van der Waals surface area (Å²) in [7, 11) is 3.72. The van der Waals surface area contributed by atoms with Crippen molar-refractivity contribution in [1.29, 1.82) is 0 Å². The van der Waals surface area contributed by atoms with Crippen LogP contribution in [0.25, 0.3) is 0 Å². The Hall–Kier alpha value is -0.940. The molecule has 0 aliphatic heterocycles. The SMILES string of the molecule is Cc1ncsc1NC(=O)CN(C)C. The first-order valence-corrected chi connectivity index (χ1v) is 4.82. The van der Waals surface area contributed by atoms with Crippen LogP contribution in [0.4, 0.5) is 5.00 Å². The van der Waals surface area contributed by atoms with Gasteiger partial charge in [-0.1, -0.05) is 0 Å². The van der Waals surface area contributed by atoms with E-state index in [9.17, 15) is 4.79 Å². The van der Waals surface area contributed by atoms with Crippen molar-refractivity contribution in [2.24, 2.45) is 0 Å². The molecule has 0 aliphatic carbocycles. The Labute approximate surface area is 81.6 Å². The van der Waals surface area contributed by atoms with Gasteiger partial charge in [0, 0.05) is 0 Å². The van der Waals surface area contributed by atoms with E-state index < -0.39 is 0 Å². The first-order valence-electron chi connectivity index (χ1n) is 3.94. The first-order chi connectivity index (χ1) is 6.09. The third kappa shape index (κ3) is 3.12. The van der Waals surface area contributed by atoms with Crippen LogP contribution in [0.3, 0.4) is 0 Å². The summed E-state index contributed by atoms with van der Waals surface area (Å²) in [5.74, 6) is -0.00245. The van der Waals surface area contributed by atoms with Crippen molar-refractivity contribution in [2.75, 3.05) is 26.0 Å². The van der Waals surface area contributed by atoms with Crippen LogP contribution in [0, 0.1) is 6.92 Å². The van der Waals surface area contributed by atoms with Crippen LogP contribution < -0.4 is 5.32 Å². The molecule has 0 aliphatic rings. The van der Waals surface area contributed by atoms with Gasteiger partial charge >= 0.3 is 0 Å². The van der Waals surface area contributed by atoms with Crippen molar-refractivity contribution in [2.45, 2.75) is 6.92 Å². The summed E-state index contributed by atoms with van der Waals surface area (Å²) in [5.41, 5.74) is 2.60. The number of likely N-dealkylation sites (N-methyl/N-ethyl adjacent to an activating group) is 1. The van der Waals surface area contributed by atoms with Crippen molar-refractivity contribution in [3.05, 3.63) is 11.2 Å². The molecule has 0 unspecified atom stereocenters. The predicted octanol–water partition coefficient (Wildman–Crippen LogP) is 0.952. The fourth-order valence-corrected chi connectivity index (χ4v) is 1.59. The quantitative estimate of drug-likeness (QED) is 0.788. The fourth-order valence-electron chi connectivity index (χ4n) is 0.875. The predicted molar refractivity (Wildman–Crippen MR) is 54.0 cm³/mol. The van der Waals surface area contributed by atoms with Gasteiger partial charge in [0.15, 0.2) is 0 Å². The van der Waals surface area contributed by atoms with Crippen LogP contribution in [-0.2, 0) is 4.79 Å². The lowest BCUT2D eigenvalue weighted by Gasteiger charge is -2.08. The molecular formula is C8H13N3OS. The average molecular weight is 199 g/mol. The second-order valence-corrected chi connectivity index (χ2v) is 3.91. The molecule has 0 atom stereocenters. The van der Waals surface area contributed by atoms with E-state index in [2.05, 4.69) is 10.3 Å². The largest absolute Gasteiger partial charge is 0.315 e. The van der Waals surface area contributed by atoms with E-state index in [1.165, 1.54) is 11.3 Å². The van der Waals surface area contributed by atoms with E-state index in [-0.39, 0.29) is 5.91 Å². The highest BCUT2D eigenvalue weighted by atomic mass is 32.1. The molecule has 4 nitrogen and oxygen atoms in total. The van der Waals surface area contributed by atoms with E-state index >= 15 is 0 Å². The second-order valence-electron chi connectivity index (χ2n) is 3.05. The molecular weight excluding hydrogens is 186 g/mol. The minimum atomic E-state index is -0.00245. The van der Waals surface area contributed by atoms with Gasteiger partial charge < -0.3 is 10.2 Å². The molecule has 0 aromatic carbocycles. The Bertz CT molecular complexity index is 295. The molecule has 13 heavy (non-hydrogen) atoms. The number of thiazole rings is 1. The van der Waals surface area contributed by atoms with Gasteiger partial charge in [-0.25, -0.2) is 4.98 Å². The Morgan fingerprint density at radius 1 is 1.69 bits per heavy atom. The molecule has 0 radical (unpaired) electrons. The molecule has 0 saturated heterocycles. The zero-order chi connectivity index (χ0) is 9.84. The van der Waals surface area contributed by atoms with Crippen LogP contribution in [-0.4, -0.2) is 36.4 Å². The summed E-state index contributed by atoms with van der Waals surface area (Å²) >= 11 is 1.44. The number of carbonyl (C=O) groups is 1.